The Bertz CT molecular complexity index is 5020. The smallest absolute Gasteiger partial charge is 0.308 e. The summed E-state index contributed by atoms with van der Waals surface area (Å²) in [5.41, 5.74) is -7.39. The van der Waals surface area contributed by atoms with Gasteiger partial charge in [0.05, 0.1) is 66.8 Å². The van der Waals surface area contributed by atoms with Gasteiger partial charge in [-0.3, -0.25) is 0 Å². The van der Waals surface area contributed by atoms with E-state index < -0.39 is 87.1 Å². The first-order valence-corrected chi connectivity index (χ1v) is 27.7. The number of hydrogen-bond donors (Lipinski definition) is 0. The number of rotatable bonds is 7. The maximum atomic E-state index is 15.5. The first-order chi connectivity index (χ1) is 42.9. The summed E-state index contributed by atoms with van der Waals surface area (Å²) in [6.07, 6.45) is -31.0. The Labute approximate surface area is 510 Å². The molecule has 0 N–H and O–H groups in total. The molecule has 3 nitrogen and oxygen atoms in total. The van der Waals surface area contributed by atoms with Crippen LogP contribution in [-0.2, 0) is 37.1 Å². The van der Waals surface area contributed by atoms with Gasteiger partial charge in [0, 0.05) is 21.5 Å². The summed E-state index contributed by atoms with van der Waals surface area (Å²) in [7, 11) is 0. The second-order valence-corrected chi connectivity index (χ2v) is 22.7. The lowest BCUT2D eigenvalue weighted by Gasteiger charge is -2.21. The van der Waals surface area contributed by atoms with E-state index in [9.17, 15) is 71.1 Å². The van der Waals surface area contributed by atoms with Crippen LogP contribution < -0.4 is 0 Å². The van der Waals surface area contributed by atoms with Crippen LogP contribution in [0.3, 0.4) is 0 Å². The van der Waals surface area contributed by atoms with Gasteiger partial charge in [0.25, 0.3) is 0 Å². The molecular formula is C71H41F18N3. The van der Waals surface area contributed by atoms with Crippen molar-refractivity contribution in [2.75, 3.05) is 0 Å². The zero-order chi connectivity index (χ0) is 66.3. The molecule has 0 aliphatic rings. The molecule has 0 fully saturated rings. The first kappa shape index (κ1) is 62.2. The normalized spacial score (nSPS) is 12.9. The third kappa shape index (κ3) is 11.4. The van der Waals surface area contributed by atoms with E-state index in [1.165, 1.54) is 77.6 Å². The van der Waals surface area contributed by atoms with Gasteiger partial charge in [-0.15, -0.1) is 0 Å². The van der Waals surface area contributed by atoms with Gasteiger partial charge in [0.15, 0.2) is 0 Å². The van der Waals surface area contributed by atoms with Gasteiger partial charge in [-0.2, -0.15) is 84.3 Å². The van der Waals surface area contributed by atoms with Gasteiger partial charge in [-0.1, -0.05) is 71.8 Å². The van der Waals surface area contributed by atoms with Crippen molar-refractivity contribution in [1.29, 1.82) is 5.26 Å². The Morgan fingerprint density at radius 2 is 0.576 bits per heavy atom. The molecule has 12 rings (SSSR count). The summed E-state index contributed by atoms with van der Waals surface area (Å²) in [4.78, 5) is 0. The Balaban J connectivity index is 1.22. The molecular weight excluding hydrogens is 1240 g/mol. The first-order valence-electron chi connectivity index (χ1n) is 27.7. The molecule has 0 unspecified atom stereocenters. The number of fused-ring (bicyclic) bond motifs is 6. The van der Waals surface area contributed by atoms with Crippen molar-refractivity contribution in [1.82, 2.24) is 9.13 Å². The molecule has 12 aromatic rings. The van der Waals surface area contributed by atoms with Crippen LogP contribution in [-0.4, -0.2) is 9.13 Å². The Hall–Kier alpha value is -9.97. The van der Waals surface area contributed by atoms with Crippen LogP contribution in [0.5, 0.6) is 0 Å². The Morgan fingerprint density at radius 3 is 0.891 bits per heavy atom. The average Bonchev–Trinajstić information content (AvgIpc) is 1.53. The highest BCUT2D eigenvalue weighted by Gasteiger charge is 2.41. The van der Waals surface area contributed by atoms with E-state index in [-0.39, 0.29) is 101 Å². The van der Waals surface area contributed by atoms with Crippen LogP contribution in [0.25, 0.3) is 111 Å². The van der Waals surface area contributed by atoms with E-state index in [1.807, 2.05) is 32.0 Å². The minimum Gasteiger partial charge on any atom is -0.308 e. The number of hydrogen-bond acceptors (Lipinski definition) is 1. The highest BCUT2D eigenvalue weighted by Crippen LogP contribution is 2.48. The Morgan fingerprint density at radius 1 is 0.272 bits per heavy atom. The van der Waals surface area contributed by atoms with Crippen molar-refractivity contribution in [3.8, 4) is 73.1 Å². The van der Waals surface area contributed by atoms with Crippen LogP contribution in [0.2, 0.25) is 0 Å². The molecule has 0 aliphatic carbocycles. The van der Waals surface area contributed by atoms with Gasteiger partial charge in [-0.05, 0) is 210 Å². The predicted molar refractivity (Wildman–Crippen MR) is 316 cm³/mol. The van der Waals surface area contributed by atoms with E-state index >= 15 is 13.2 Å². The van der Waals surface area contributed by atoms with Crippen LogP contribution in [0.1, 0.15) is 61.2 Å². The lowest BCUT2D eigenvalue weighted by molar-refractivity contribution is -0.144. The van der Waals surface area contributed by atoms with Crippen LogP contribution >= 0.6 is 0 Å². The molecule has 466 valence electrons. The Kier molecular flexibility index (Phi) is 14.6. The molecule has 2 heterocycles. The third-order valence-corrected chi connectivity index (χ3v) is 16.1. The average molecular weight is 1280 g/mol. The molecule has 2 aromatic heterocycles. The van der Waals surface area contributed by atoms with Crippen molar-refractivity contribution < 1.29 is 79.0 Å². The summed E-state index contributed by atoms with van der Waals surface area (Å²) >= 11 is 0. The minimum atomic E-state index is -5.50. The highest BCUT2D eigenvalue weighted by atomic mass is 19.4. The van der Waals surface area contributed by atoms with Gasteiger partial charge in [0.1, 0.15) is 11.6 Å². The fraction of sp³-hybridized carbons (Fsp3) is 0.141. The zero-order valence-electron chi connectivity index (χ0n) is 47.9. The number of halogens is 18. The monoisotopic (exact) mass is 1280 g/mol. The van der Waals surface area contributed by atoms with Crippen molar-refractivity contribution in [3.05, 3.63) is 237 Å². The molecule has 0 atom stereocenters. The number of benzene rings is 10. The molecule has 0 radical (unpaired) electrons. The maximum absolute atomic E-state index is 15.5. The molecule has 92 heavy (non-hydrogen) atoms. The van der Waals surface area contributed by atoms with Gasteiger partial charge >= 0.3 is 37.1 Å². The number of aryl methyl sites for hydroxylation is 4. The topological polar surface area (TPSA) is 33.6 Å². The van der Waals surface area contributed by atoms with E-state index in [0.717, 1.165) is 59.2 Å². The third-order valence-electron chi connectivity index (χ3n) is 16.1. The van der Waals surface area contributed by atoms with Crippen molar-refractivity contribution in [2.45, 2.75) is 64.8 Å². The van der Waals surface area contributed by atoms with E-state index in [2.05, 4.69) is 6.07 Å². The van der Waals surface area contributed by atoms with Crippen LogP contribution in [0.4, 0.5) is 79.0 Å². The summed E-state index contributed by atoms with van der Waals surface area (Å²) in [5.74, 6) is 0. The lowest BCUT2D eigenvalue weighted by atomic mass is 9.94. The summed E-state index contributed by atoms with van der Waals surface area (Å²) in [6, 6.07) is 35.9. The van der Waals surface area contributed by atoms with Gasteiger partial charge < -0.3 is 9.13 Å². The molecule has 0 saturated carbocycles. The van der Waals surface area contributed by atoms with E-state index in [4.69, 9.17) is 0 Å². The largest absolute Gasteiger partial charge is 0.417 e. The van der Waals surface area contributed by atoms with E-state index in [0.29, 0.717) is 40.6 Å². The highest BCUT2D eigenvalue weighted by molar-refractivity contribution is 6.14. The molecule has 0 aliphatic heterocycles. The van der Waals surface area contributed by atoms with Crippen molar-refractivity contribution in [3.63, 3.8) is 0 Å². The molecule has 0 bridgehead atoms. The molecule has 0 spiro atoms. The number of nitrogens with zero attached hydrogens (tertiary/aromatic N) is 3. The summed E-state index contributed by atoms with van der Waals surface area (Å²) in [5, 5.41) is 12.5. The van der Waals surface area contributed by atoms with Crippen molar-refractivity contribution in [2.24, 2.45) is 0 Å². The van der Waals surface area contributed by atoms with Gasteiger partial charge in [-0.25, -0.2) is 0 Å². The fourth-order valence-corrected chi connectivity index (χ4v) is 12.2. The number of nitriles is 1. The molecule has 10 aromatic carbocycles. The lowest BCUT2D eigenvalue weighted by Crippen LogP contribution is -2.12. The van der Waals surface area contributed by atoms with Crippen molar-refractivity contribution >= 4 is 43.6 Å². The van der Waals surface area contributed by atoms with Crippen LogP contribution in [0.15, 0.2) is 176 Å². The molecule has 0 saturated heterocycles. The predicted octanol–water partition coefficient (Wildman–Crippen LogP) is 23.4. The molecule has 21 heteroatoms. The van der Waals surface area contributed by atoms with Gasteiger partial charge in [0.2, 0.25) is 0 Å². The second kappa shape index (κ2) is 21.6. The standard InChI is InChI=1S/C71H41F18N3/c1-35-15-36(2)17-43(16-35)39-5-11-60-54(26-39)55-27-40(44-18-37(3)20-49(22-44)67(75,76)77)6-12-61(55)91(60)64-30-47(53-10-9-48(66(72,73)74)33-59(53)71(87,88)89)31-65(58(64)34-90)92-62-13-7-41(45-19-38(4)21-50(23-45)68(78,79)80)28-56(62)57-29-42(8-14-63(57)92)46-24-51(69(81,82)83)32-52(25-46)70(84,85)86/h5-33H,1-4H3. The fourth-order valence-electron chi connectivity index (χ4n) is 12.2. The summed E-state index contributed by atoms with van der Waals surface area (Å²) in [6.45, 7) is 6.61. The van der Waals surface area contributed by atoms with E-state index in [1.54, 1.807) is 24.3 Å². The minimum absolute atomic E-state index is 0.00800. The second-order valence-electron chi connectivity index (χ2n) is 22.7. The number of alkyl halides is 18. The maximum Gasteiger partial charge on any atom is 0.417 e. The SMILES string of the molecule is Cc1cc(C)cc(-c2ccc3c(c2)c2cc(-c4cc(C)cc(C(F)(F)F)c4)ccc2n3-c2cc(-c3ccc(C(F)(F)F)cc3C(F)(F)F)cc(-n3c4ccc(-c5cc(C)cc(C(F)(F)F)c5)cc4c4cc(-c5cc(C(F)(F)F)cc(C(F)(F)F)c5)ccc43)c2C#N)c1. The number of aromatic nitrogens is 2. The quantitative estimate of drug-likeness (QED) is 0.146. The van der Waals surface area contributed by atoms with Crippen LogP contribution in [0, 0.1) is 39.0 Å². The summed E-state index contributed by atoms with van der Waals surface area (Å²) < 4.78 is 265. The molecule has 0 amide bonds. The zero-order valence-corrected chi connectivity index (χ0v) is 47.9.